The molecule has 1 aromatic carbocycles. The molecular formula is C17H23N5O2Si. The normalized spacial score (nSPS) is 12.0. The van der Waals surface area contributed by atoms with Crippen LogP contribution in [0.25, 0.3) is 22.2 Å². The Morgan fingerprint density at radius 3 is 2.80 bits per heavy atom. The number of amides is 1. The molecule has 8 heteroatoms. The number of fused-ring (bicyclic) bond motifs is 1. The lowest BCUT2D eigenvalue weighted by atomic mass is 10.1. The monoisotopic (exact) mass is 357 g/mol. The van der Waals surface area contributed by atoms with Crippen molar-refractivity contribution < 1.29 is 9.53 Å². The third-order valence-corrected chi connectivity index (χ3v) is 5.72. The van der Waals surface area contributed by atoms with Crippen LogP contribution in [-0.4, -0.2) is 40.6 Å². The van der Waals surface area contributed by atoms with Crippen LogP contribution in [-0.2, 0) is 11.5 Å². The third-order valence-electron chi connectivity index (χ3n) is 4.02. The van der Waals surface area contributed by atoms with E-state index in [1.807, 2.05) is 10.7 Å². The van der Waals surface area contributed by atoms with Crippen molar-refractivity contribution in [1.82, 2.24) is 20.0 Å². The van der Waals surface area contributed by atoms with E-state index in [0.29, 0.717) is 12.3 Å². The Hall–Kier alpha value is -2.45. The van der Waals surface area contributed by atoms with E-state index < -0.39 is 14.0 Å². The van der Waals surface area contributed by atoms with Crippen molar-refractivity contribution in [2.24, 2.45) is 5.73 Å². The quantitative estimate of drug-likeness (QED) is 0.502. The first-order valence-electron chi connectivity index (χ1n) is 8.22. The summed E-state index contributed by atoms with van der Waals surface area (Å²) >= 11 is 0. The minimum Gasteiger partial charge on any atom is -0.366 e. The average Bonchev–Trinajstić information content (AvgIpc) is 3.17. The van der Waals surface area contributed by atoms with Crippen LogP contribution in [0.3, 0.4) is 0 Å². The Morgan fingerprint density at radius 2 is 2.16 bits per heavy atom. The van der Waals surface area contributed by atoms with Gasteiger partial charge in [-0.25, -0.2) is 4.68 Å². The molecule has 7 nitrogen and oxygen atoms in total. The fourth-order valence-electron chi connectivity index (χ4n) is 2.55. The van der Waals surface area contributed by atoms with Gasteiger partial charge in [-0.2, -0.15) is 10.2 Å². The molecule has 3 N–H and O–H groups in total. The number of nitrogens with zero attached hydrogens (tertiary/aromatic N) is 3. The SMILES string of the molecule is C[Si](C)(C)CCOCn1nc(-c2cn[nH]c2)c2cc(C(N)=O)ccc21. The van der Waals surface area contributed by atoms with E-state index in [9.17, 15) is 4.79 Å². The van der Waals surface area contributed by atoms with Crippen LogP contribution in [0.5, 0.6) is 0 Å². The molecule has 0 spiro atoms. The molecular weight excluding hydrogens is 334 g/mol. The number of hydrogen-bond acceptors (Lipinski definition) is 4. The van der Waals surface area contributed by atoms with Gasteiger partial charge in [0.05, 0.1) is 11.7 Å². The summed E-state index contributed by atoms with van der Waals surface area (Å²) in [7, 11) is -1.13. The number of aromatic amines is 1. The minimum absolute atomic E-state index is 0.370. The van der Waals surface area contributed by atoms with Crippen LogP contribution in [0.4, 0.5) is 0 Å². The molecule has 3 rings (SSSR count). The summed E-state index contributed by atoms with van der Waals surface area (Å²) in [5, 5.41) is 12.3. The van der Waals surface area contributed by atoms with Crippen molar-refractivity contribution in [3.05, 3.63) is 36.2 Å². The highest BCUT2D eigenvalue weighted by Crippen LogP contribution is 2.28. The number of rotatable bonds is 7. The van der Waals surface area contributed by atoms with Crippen molar-refractivity contribution >= 4 is 24.9 Å². The Balaban J connectivity index is 1.92. The zero-order valence-electron chi connectivity index (χ0n) is 14.7. The number of nitrogens with two attached hydrogens (primary N) is 1. The van der Waals surface area contributed by atoms with Crippen molar-refractivity contribution in [2.45, 2.75) is 32.4 Å². The van der Waals surface area contributed by atoms with Crippen LogP contribution in [0, 0.1) is 0 Å². The summed E-state index contributed by atoms with van der Waals surface area (Å²) in [6.07, 6.45) is 3.48. The summed E-state index contributed by atoms with van der Waals surface area (Å²) in [6, 6.07) is 6.44. The lowest BCUT2D eigenvalue weighted by molar-refractivity contribution is 0.0818. The molecule has 0 saturated heterocycles. The van der Waals surface area contributed by atoms with Gasteiger partial charge in [0, 0.05) is 37.4 Å². The number of ether oxygens (including phenoxy) is 1. The number of carbonyl (C=O) groups excluding carboxylic acids is 1. The first-order chi connectivity index (χ1) is 11.8. The second-order valence-corrected chi connectivity index (χ2v) is 12.9. The van der Waals surface area contributed by atoms with E-state index in [2.05, 4.69) is 34.9 Å². The Morgan fingerprint density at radius 1 is 1.36 bits per heavy atom. The molecule has 0 saturated carbocycles. The highest BCUT2D eigenvalue weighted by molar-refractivity contribution is 6.76. The Bertz CT molecular complexity index is 880. The molecule has 132 valence electrons. The maximum Gasteiger partial charge on any atom is 0.248 e. The average molecular weight is 357 g/mol. The van der Waals surface area contributed by atoms with Crippen molar-refractivity contribution in [1.29, 1.82) is 0 Å². The summed E-state index contributed by atoms with van der Waals surface area (Å²) in [5.41, 5.74) is 8.37. The van der Waals surface area contributed by atoms with Crippen LogP contribution >= 0.6 is 0 Å². The van der Waals surface area contributed by atoms with E-state index in [1.54, 1.807) is 24.5 Å². The maximum absolute atomic E-state index is 11.5. The molecule has 0 aliphatic carbocycles. The zero-order valence-corrected chi connectivity index (χ0v) is 15.7. The van der Waals surface area contributed by atoms with Gasteiger partial charge in [-0.1, -0.05) is 19.6 Å². The number of H-pyrrole nitrogens is 1. The highest BCUT2D eigenvalue weighted by Gasteiger charge is 2.16. The molecule has 3 aromatic rings. The van der Waals surface area contributed by atoms with Crippen molar-refractivity contribution in [3.63, 3.8) is 0 Å². The topological polar surface area (TPSA) is 98.8 Å². The van der Waals surface area contributed by atoms with Crippen LogP contribution < -0.4 is 5.73 Å². The highest BCUT2D eigenvalue weighted by atomic mass is 28.3. The summed E-state index contributed by atoms with van der Waals surface area (Å²) < 4.78 is 7.64. The minimum atomic E-state index is -1.13. The second-order valence-electron chi connectivity index (χ2n) is 7.28. The Labute approximate surface area is 147 Å². The molecule has 25 heavy (non-hydrogen) atoms. The fourth-order valence-corrected chi connectivity index (χ4v) is 3.31. The van der Waals surface area contributed by atoms with Crippen LogP contribution in [0.2, 0.25) is 25.7 Å². The van der Waals surface area contributed by atoms with Crippen molar-refractivity contribution in [2.75, 3.05) is 6.61 Å². The Kier molecular flexibility index (Phi) is 4.73. The summed E-state index contributed by atoms with van der Waals surface area (Å²) in [4.78, 5) is 11.5. The second kappa shape index (κ2) is 6.81. The third kappa shape index (κ3) is 3.97. The number of carbonyl (C=O) groups is 1. The number of nitrogens with one attached hydrogen (secondary N) is 1. The van der Waals surface area contributed by atoms with Gasteiger partial charge in [-0.05, 0) is 24.2 Å². The number of hydrogen-bond donors (Lipinski definition) is 2. The van der Waals surface area contributed by atoms with E-state index in [0.717, 1.165) is 34.8 Å². The van der Waals surface area contributed by atoms with Gasteiger partial charge in [0.1, 0.15) is 12.4 Å². The van der Waals surface area contributed by atoms with E-state index in [1.165, 1.54) is 0 Å². The molecule has 2 aromatic heterocycles. The van der Waals surface area contributed by atoms with Gasteiger partial charge in [-0.15, -0.1) is 0 Å². The van der Waals surface area contributed by atoms with Crippen molar-refractivity contribution in [3.8, 4) is 11.3 Å². The summed E-state index contributed by atoms with van der Waals surface area (Å²) in [6.45, 7) is 8.05. The van der Waals surface area contributed by atoms with Gasteiger partial charge < -0.3 is 10.5 Å². The van der Waals surface area contributed by atoms with Gasteiger partial charge >= 0.3 is 0 Å². The first-order valence-corrected chi connectivity index (χ1v) is 11.9. The fraction of sp³-hybridized carbons (Fsp3) is 0.353. The van der Waals surface area contributed by atoms with Crippen LogP contribution in [0.1, 0.15) is 10.4 Å². The molecule has 0 radical (unpaired) electrons. The predicted molar refractivity (Wildman–Crippen MR) is 99.9 cm³/mol. The number of benzene rings is 1. The first kappa shape index (κ1) is 17.4. The standard InChI is InChI=1S/C17H23N5O2Si/c1-25(2,3)7-6-24-11-22-15-5-4-12(17(18)23)8-14(15)16(21-22)13-9-19-20-10-13/h4-5,8-10H,6-7,11H2,1-3H3,(H2,18,23)(H,19,20). The van der Waals surface area contributed by atoms with Gasteiger partial charge in [0.15, 0.2) is 0 Å². The van der Waals surface area contributed by atoms with Gasteiger partial charge in [0.2, 0.25) is 5.91 Å². The summed E-state index contributed by atoms with van der Waals surface area (Å²) in [5.74, 6) is -0.459. The maximum atomic E-state index is 11.5. The zero-order chi connectivity index (χ0) is 18.0. The van der Waals surface area contributed by atoms with Gasteiger partial charge in [-0.3, -0.25) is 9.89 Å². The molecule has 0 aliphatic heterocycles. The number of primary amides is 1. The smallest absolute Gasteiger partial charge is 0.248 e. The predicted octanol–water partition coefficient (Wildman–Crippen LogP) is 2.84. The lowest BCUT2D eigenvalue weighted by Gasteiger charge is -2.15. The van der Waals surface area contributed by atoms with Crippen LogP contribution in [0.15, 0.2) is 30.6 Å². The van der Waals surface area contributed by atoms with E-state index >= 15 is 0 Å². The molecule has 2 heterocycles. The molecule has 0 unspecified atom stereocenters. The van der Waals surface area contributed by atoms with Gasteiger partial charge in [0.25, 0.3) is 0 Å². The molecule has 0 aliphatic rings. The molecule has 1 amide bonds. The molecule has 0 fully saturated rings. The lowest BCUT2D eigenvalue weighted by Crippen LogP contribution is -2.22. The largest absolute Gasteiger partial charge is 0.366 e. The number of aromatic nitrogens is 4. The van der Waals surface area contributed by atoms with E-state index in [-0.39, 0.29) is 0 Å². The van der Waals surface area contributed by atoms with E-state index in [4.69, 9.17) is 10.5 Å². The molecule has 0 bridgehead atoms. The molecule has 0 atom stereocenters.